The highest BCUT2D eigenvalue weighted by Gasteiger charge is 2.18. The van der Waals surface area contributed by atoms with Crippen LogP contribution in [-0.2, 0) is 0 Å². The summed E-state index contributed by atoms with van der Waals surface area (Å²) in [6.07, 6.45) is 9.61. The summed E-state index contributed by atoms with van der Waals surface area (Å²) in [4.78, 5) is 2.70. The van der Waals surface area contributed by atoms with Crippen molar-refractivity contribution in [1.82, 2.24) is 10.2 Å². The highest BCUT2D eigenvalue weighted by Crippen LogP contribution is 2.22. The first-order valence-corrected chi connectivity index (χ1v) is 8.25. The molecule has 1 saturated heterocycles. The Morgan fingerprint density at radius 1 is 1.11 bits per heavy atom. The number of hydrogen-bond donors (Lipinski definition) is 1. The monoisotopic (exact) mass is 254 g/mol. The first kappa shape index (κ1) is 16.0. The summed E-state index contributed by atoms with van der Waals surface area (Å²) >= 11 is 0. The van der Waals surface area contributed by atoms with Crippen molar-refractivity contribution in [2.75, 3.05) is 26.2 Å². The van der Waals surface area contributed by atoms with E-state index in [1.54, 1.807) is 0 Å². The largest absolute Gasteiger partial charge is 0.313 e. The van der Waals surface area contributed by atoms with Crippen molar-refractivity contribution >= 4 is 0 Å². The molecule has 0 bridgehead atoms. The zero-order chi connectivity index (χ0) is 13.2. The van der Waals surface area contributed by atoms with E-state index in [1.807, 2.05) is 0 Å². The van der Waals surface area contributed by atoms with Crippen LogP contribution in [0.5, 0.6) is 0 Å². The zero-order valence-corrected chi connectivity index (χ0v) is 12.9. The molecule has 1 heterocycles. The summed E-state index contributed by atoms with van der Waals surface area (Å²) < 4.78 is 0. The van der Waals surface area contributed by atoms with Gasteiger partial charge >= 0.3 is 0 Å². The molecule has 0 radical (unpaired) electrons. The fourth-order valence-electron chi connectivity index (χ4n) is 3.10. The Morgan fingerprint density at radius 2 is 1.94 bits per heavy atom. The lowest BCUT2D eigenvalue weighted by Gasteiger charge is -2.26. The second-order valence-corrected chi connectivity index (χ2v) is 5.95. The predicted molar refractivity (Wildman–Crippen MR) is 81.1 cm³/mol. The van der Waals surface area contributed by atoms with E-state index in [0.717, 1.165) is 5.92 Å². The van der Waals surface area contributed by atoms with Crippen LogP contribution in [0.2, 0.25) is 0 Å². The summed E-state index contributed by atoms with van der Waals surface area (Å²) in [6.45, 7) is 12.0. The minimum absolute atomic E-state index is 0.702. The van der Waals surface area contributed by atoms with Gasteiger partial charge < -0.3 is 10.2 Å². The maximum atomic E-state index is 3.68. The SMILES string of the molecule is CCCNC(CC)CN1CCCC(CCC)CC1. The molecule has 1 fully saturated rings. The van der Waals surface area contributed by atoms with Crippen molar-refractivity contribution in [3.05, 3.63) is 0 Å². The lowest BCUT2D eigenvalue weighted by atomic mass is 9.96. The fraction of sp³-hybridized carbons (Fsp3) is 1.00. The maximum Gasteiger partial charge on any atom is 0.0192 e. The Hall–Kier alpha value is -0.0800. The molecule has 2 atom stereocenters. The topological polar surface area (TPSA) is 15.3 Å². The highest BCUT2D eigenvalue weighted by molar-refractivity contribution is 4.75. The minimum atomic E-state index is 0.702. The van der Waals surface area contributed by atoms with Gasteiger partial charge in [0, 0.05) is 12.6 Å². The Balaban J connectivity index is 2.28. The average Bonchev–Trinajstić information content (AvgIpc) is 2.60. The van der Waals surface area contributed by atoms with E-state index in [0.29, 0.717) is 6.04 Å². The Labute approximate surface area is 115 Å². The van der Waals surface area contributed by atoms with Crippen LogP contribution in [-0.4, -0.2) is 37.1 Å². The van der Waals surface area contributed by atoms with Gasteiger partial charge in [0.25, 0.3) is 0 Å². The van der Waals surface area contributed by atoms with E-state index >= 15 is 0 Å². The van der Waals surface area contributed by atoms with E-state index in [9.17, 15) is 0 Å². The molecule has 0 saturated carbocycles. The first-order valence-electron chi connectivity index (χ1n) is 8.25. The number of nitrogens with zero attached hydrogens (tertiary/aromatic N) is 1. The van der Waals surface area contributed by atoms with Gasteiger partial charge in [-0.25, -0.2) is 0 Å². The normalized spacial score (nSPS) is 23.8. The average molecular weight is 254 g/mol. The van der Waals surface area contributed by atoms with Crippen LogP contribution < -0.4 is 5.32 Å². The number of rotatable bonds is 8. The molecule has 108 valence electrons. The van der Waals surface area contributed by atoms with Crippen LogP contribution in [0.1, 0.15) is 65.7 Å². The van der Waals surface area contributed by atoms with Gasteiger partial charge in [-0.05, 0) is 57.7 Å². The maximum absolute atomic E-state index is 3.68. The van der Waals surface area contributed by atoms with E-state index in [2.05, 4.69) is 31.0 Å². The minimum Gasteiger partial charge on any atom is -0.313 e. The Bertz CT molecular complexity index is 194. The van der Waals surface area contributed by atoms with E-state index in [1.165, 1.54) is 71.1 Å². The third-order valence-corrected chi connectivity index (χ3v) is 4.29. The molecule has 18 heavy (non-hydrogen) atoms. The van der Waals surface area contributed by atoms with Crippen molar-refractivity contribution < 1.29 is 0 Å². The zero-order valence-electron chi connectivity index (χ0n) is 12.9. The molecule has 0 aromatic rings. The molecule has 0 aromatic carbocycles. The molecule has 0 spiro atoms. The van der Waals surface area contributed by atoms with Gasteiger partial charge in [0.05, 0.1) is 0 Å². The molecular weight excluding hydrogens is 220 g/mol. The van der Waals surface area contributed by atoms with Crippen molar-refractivity contribution in [3.63, 3.8) is 0 Å². The van der Waals surface area contributed by atoms with Crippen LogP contribution in [0.15, 0.2) is 0 Å². The molecule has 0 aromatic heterocycles. The third-order valence-electron chi connectivity index (χ3n) is 4.29. The second kappa shape index (κ2) is 9.80. The van der Waals surface area contributed by atoms with E-state index in [4.69, 9.17) is 0 Å². The lowest BCUT2D eigenvalue weighted by Crippen LogP contribution is -2.41. The summed E-state index contributed by atoms with van der Waals surface area (Å²) in [7, 11) is 0. The lowest BCUT2D eigenvalue weighted by molar-refractivity contribution is 0.243. The van der Waals surface area contributed by atoms with Gasteiger partial charge in [-0.15, -0.1) is 0 Å². The van der Waals surface area contributed by atoms with Crippen LogP contribution in [0, 0.1) is 5.92 Å². The summed E-state index contributed by atoms with van der Waals surface area (Å²) in [6, 6.07) is 0.702. The smallest absolute Gasteiger partial charge is 0.0192 e. The molecule has 2 unspecified atom stereocenters. The molecule has 0 aliphatic carbocycles. The van der Waals surface area contributed by atoms with Crippen LogP contribution in [0.25, 0.3) is 0 Å². The van der Waals surface area contributed by atoms with Crippen molar-refractivity contribution in [3.8, 4) is 0 Å². The van der Waals surface area contributed by atoms with E-state index in [-0.39, 0.29) is 0 Å². The van der Waals surface area contributed by atoms with Gasteiger partial charge in [-0.3, -0.25) is 0 Å². The quantitative estimate of drug-likeness (QED) is 0.711. The van der Waals surface area contributed by atoms with Gasteiger partial charge in [-0.2, -0.15) is 0 Å². The van der Waals surface area contributed by atoms with Crippen molar-refractivity contribution in [2.24, 2.45) is 5.92 Å². The molecule has 0 amide bonds. The number of nitrogens with one attached hydrogen (secondary N) is 1. The fourth-order valence-corrected chi connectivity index (χ4v) is 3.10. The molecule has 2 nitrogen and oxygen atoms in total. The molecule has 1 N–H and O–H groups in total. The van der Waals surface area contributed by atoms with E-state index < -0.39 is 0 Å². The highest BCUT2D eigenvalue weighted by atomic mass is 15.1. The van der Waals surface area contributed by atoms with Crippen LogP contribution in [0.3, 0.4) is 0 Å². The van der Waals surface area contributed by atoms with Gasteiger partial charge in [0.15, 0.2) is 0 Å². The molecule has 1 rings (SSSR count). The molecule has 1 aliphatic heterocycles. The summed E-state index contributed by atoms with van der Waals surface area (Å²) in [5.41, 5.74) is 0. The van der Waals surface area contributed by atoms with Crippen molar-refractivity contribution in [1.29, 1.82) is 0 Å². The predicted octanol–water partition coefficient (Wildman–Crippen LogP) is 3.67. The van der Waals surface area contributed by atoms with Crippen LogP contribution >= 0.6 is 0 Å². The Morgan fingerprint density at radius 3 is 2.61 bits per heavy atom. The molecule has 1 aliphatic rings. The standard InChI is InChI=1S/C16H34N2/c1-4-8-15-9-7-12-18(13-10-15)14-16(6-3)17-11-5-2/h15-17H,4-14H2,1-3H3. The second-order valence-electron chi connectivity index (χ2n) is 5.95. The van der Waals surface area contributed by atoms with Crippen molar-refractivity contribution in [2.45, 2.75) is 71.8 Å². The third kappa shape index (κ3) is 6.19. The van der Waals surface area contributed by atoms with Gasteiger partial charge in [0.2, 0.25) is 0 Å². The van der Waals surface area contributed by atoms with Gasteiger partial charge in [0.1, 0.15) is 0 Å². The number of likely N-dealkylation sites (tertiary alicyclic amines) is 1. The summed E-state index contributed by atoms with van der Waals surface area (Å²) in [5, 5.41) is 3.68. The Kier molecular flexibility index (Phi) is 8.70. The summed E-state index contributed by atoms with van der Waals surface area (Å²) in [5.74, 6) is 1.00. The molecular formula is C16H34N2. The molecule has 2 heteroatoms. The first-order chi connectivity index (χ1) is 8.80. The number of hydrogen-bond acceptors (Lipinski definition) is 2. The van der Waals surface area contributed by atoms with Gasteiger partial charge in [-0.1, -0.05) is 33.6 Å². The van der Waals surface area contributed by atoms with Crippen LogP contribution in [0.4, 0.5) is 0 Å².